The van der Waals surface area contributed by atoms with E-state index in [9.17, 15) is 18.3 Å². The molecular formula is C13H12BrF3N2O2. The largest absolute Gasteiger partial charge is 0.417 e. The van der Waals surface area contributed by atoms with Crippen molar-refractivity contribution in [2.75, 3.05) is 0 Å². The molecule has 0 radical (unpaired) electrons. The van der Waals surface area contributed by atoms with E-state index in [2.05, 4.69) is 26.1 Å². The first-order valence-electron chi connectivity index (χ1n) is 6.21. The molecule has 0 aliphatic rings. The fourth-order valence-corrected chi connectivity index (χ4v) is 2.24. The number of alkyl halides is 3. The molecule has 0 aliphatic heterocycles. The lowest BCUT2D eigenvalue weighted by Gasteiger charge is -2.09. The fourth-order valence-electron chi connectivity index (χ4n) is 1.77. The van der Waals surface area contributed by atoms with E-state index >= 15 is 0 Å². The number of hydrogen-bond acceptors (Lipinski definition) is 4. The van der Waals surface area contributed by atoms with E-state index in [1.54, 1.807) is 0 Å². The van der Waals surface area contributed by atoms with Gasteiger partial charge in [-0.25, -0.2) is 0 Å². The van der Waals surface area contributed by atoms with Gasteiger partial charge in [-0.1, -0.05) is 34.4 Å². The molecule has 0 fully saturated rings. The third kappa shape index (κ3) is 3.62. The second-order valence-electron chi connectivity index (χ2n) is 4.45. The number of aliphatic hydroxyl groups is 1. The predicted octanol–water partition coefficient (Wildman–Crippen LogP) is 4.35. The van der Waals surface area contributed by atoms with Crippen LogP contribution in [-0.2, 0) is 6.18 Å². The molecule has 1 unspecified atom stereocenters. The maximum absolute atomic E-state index is 12.8. The molecule has 1 aromatic carbocycles. The van der Waals surface area contributed by atoms with E-state index in [4.69, 9.17) is 4.52 Å². The molecule has 2 rings (SSSR count). The quantitative estimate of drug-likeness (QED) is 0.875. The number of rotatable bonds is 4. The first kappa shape index (κ1) is 16.0. The van der Waals surface area contributed by atoms with Gasteiger partial charge in [0, 0.05) is 10.0 Å². The zero-order chi connectivity index (χ0) is 15.6. The van der Waals surface area contributed by atoms with Crippen LogP contribution >= 0.6 is 15.9 Å². The topological polar surface area (TPSA) is 59.2 Å². The minimum Gasteiger partial charge on any atom is -0.385 e. The molecule has 1 atom stereocenters. The number of benzene rings is 1. The van der Waals surface area contributed by atoms with E-state index < -0.39 is 17.8 Å². The van der Waals surface area contributed by atoms with Gasteiger partial charge in [-0.05, 0) is 24.6 Å². The van der Waals surface area contributed by atoms with Crippen molar-refractivity contribution in [1.29, 1.82) is 0 Å². The van der Waals surface area contributed by atoms with Crippen LogP contribution in [0.4, 0.5) is 13.2 Å². The fraction of sp³-hybridized carbons (Fsp3) is 0.385. The Morgan fingerprint density at radius 3 is 2.71 bits per heavy atom. The molecule has 0 spiro atoms. The number of aromatic nitrogens is 2. The van der Waals surface area contributed by atoms with Crippen molar-refractivity contribution in [3.63, 3.8) is 0 Å². The van der Waals surface area contributed by atoms with Crippen LogP contribution in [0.15, 0.2) is 27.2 Å². The molecule has 114 valence electrons. The van der Waals surface area contributed by atoms with Crippen LogP contribution in [0, 0.1) is 0 Å². The van der Waals surface area contributed by atoms with Gasteiger partial charge in [0.05, 0.1) is 5.56 Å². The monoisotopic (exact) mass is 364 g/mol. The highest BCUT2D eigenvalue weighted by Crippen LogP contribution is 2.37. The van der Waals surface area contributed by atoms with Gasteiger partial charge in [-0.15, -0.1) is 0 Å². The molecule has 0 saturated carbocycles. The second-order valence-corrected chi connectivity index (χ2v) is 5.31. The molecule has 0 bridgehead atoms. The number of nitrogens with zero attached hydrogens (tertiary/aromatic N) is 2. The van der Waals surface area contributed by atoms with E-state index in [1.807, 2.05) is 6.92 Å². The van der Waals surface area contributed by atoms with Gasteiger partial charge in [0.1, 0.15) is 6.10 Å². The van der Waals surface area contributed by atoms with Crippen molar-refractivity contribution in [3.05, 3.63) is 34.1 Å². The molecule has 0 saturated heterocycles. The maximum Gasteiger partial charge on any atom is 0.417 e. The molecule has 0 amide bonds. The molecule has 2 aromatic rings. The summed E-state index contributed by atoms with van der Waals surface area (Å²) in [5.41, 5.74) is -0.679. The predicted molar refractivity (Wildman–Crippen MR) is 72.3 cm³/mol. The minimum atomic E-state index is -4.49. The summed E-state index contributed by atoms with van der Waals surface area (Å²) in [6, 6.07) is 3.63. The number of halogens is 4. The zero-order valence-corrected chi connectivity index (χ0v) is 12.6. The second kappa shape index (κ2) is 6.15. The zero-order valence-electron chi connectivity index (χ0n) is 11.0. The van der Waals surface area contributed by atoms with E-state index in [0.29, 0.717) is 6.42 Å². The van der Waals surface area contributed by atoms with Crippen molar-refractivity contribution in [2.24, 2.45) is 0 Å². The Labute approximate surface area is 127 Å². The van der Waals surface area contributed by atoms with Crippen molar-refractivity contribution >= 4 is 15.9 Å². The summed E-state index contributed by atoms with van der Waals surface area (Å²) in [5, 5.41) is 13.3. The molecule has 8 heteroatoms. The van der Waals surface area contributed by atoms with Gasteiger partial charge < -0.3 is 9.63 Å². The Morgan fingerprint density at radius 2 is 2.10 bits per heavy atom. The number of aliphatic hydroxyl groups excluding tert-OH is 1. The van der Waals surface area contributed by atoms with Gasteiger partial charge in [0.2, 0.25) is 5.82 Å². The summed E-state index contributed by atoms with van der Waals surface area (Å²) in [6.07, 6.45) is -4.20. The Kier molecular flexibility index (Phi) is 4.67. The Balaban J connectivity index is 2.35. The smallest absolute Gasteiger partial charge is 0.385 e. The van der Waals surface area contributed by atoms with Crippen LogP contribution in [0.25, 0.3) is 11.5 Å². The van der Waals surface area contributed by atoms with Crippen molar-refractivity contribution < 1.29 is 22.8 Å². The average molecular weight is 365 g/mol. The molecular weight excluding hydrogens is 353 g/mol. The molecule has 1 N–H and O–H groups in total. The van der Waals surface area contributed by atoms with Gasteiger partial charge in [0.25, 0.3) is 5.89 Å². The Morgan fingerprint density at radius 1 is 1.38 bits per heavy atom. The van der Waals surface area contributed by atoms with Crippen LogP contribution < -0.4 is 0 Å². The lowest BCUT2D eigenvalue weighted by atomic mass is 10.1. The highest BCUT2D eigenvalue weighted by molar-refractivity contribution is 9.10. The van der Waals surface area contributed by atoms with Crippen LogP contribution in [0.2, 0.25) is 0 Å². The van der Waals surface area contributed by atoms with E-state index in [1.165, 1.54) is 12.1 Å². The van der Waals surface area contributed by atoms with Gasteiger partial charge in [-0.3, -0.25) is 0 Å². The van der Waals surface area contributed by atoms with Crippen molar-refractivity contribution in [1.82, 2.24) is 10.1 Å². The summed E-state index contributed by atoms with van der Waals surface area (Å²) >= 11 is 2.86. The van der Waals surface area contributed by atoms with Crippen LogP contribution in [0.5, 0.6) is 0 Å². The summed E-state index contributed by atoms with van der Waals surface area (Å²) in [5.74, 6) is 0.0153. The van der Waals surface area contributed by atoms with Crippen LogP contribution in [0.3, 0.4) is 0 Å². The van der Waals surface area contributed by atoms with Gasteiger partial charge >= 0.3 is 6.18 Å². The van der Waals surface area contributed by atoms with E-state index in [-0.39, 0.29) is 21.8 Å². The first-order chi connectivity index (χ1) is 9.82. The van der Waals surface area contributed by atoms with Crippen LogP contribution in [-0.4, -0.2) is 15.2 Å². The van der Waals surface area contributed by atoms with Crippen molar-refractivity contribution in [3.8, 4) is 11.5 Å². The lowest BCUT2D eigenvalue weighted by Crippen LogP contribution is -2.06. The minimum absolute atomic E-state index is 0.0573. The standard InChI is InChI=1S/C13H12BrF3N2O2/c1-2-3-10(20)11-18-12(21-19-11)7-4-5-9(14)8(6-7)13(15,16)17/h4-6,10,20H,2-3H2,1H3. The van der Waals surface area contributed by atoms with Gasteiger partial charge in [0.15, 0.2) is 0 Å². The number of hydrogen-bond donors (Lipinski definition) is 1. The highest BCUT2D eigenvalue weighted by atomic mass is 79.9. The van der Waals surface area contributed by atoms with Crippen LogP contribution in [0.1, 0.15) is 37.3 Å². The first-order valence-corrected chi connectivity index (χ1v) is 7.01. The highest BCUT2D eigenvalue weighted by Gasteiger charge is 2.33. The molecule has 0 aliphatic carbocycles. The molecule has 4 nitrogen and oxygen atoms in total. The summed E-state index contributed by atoms with van der Waals surface area (Å²) in [6.45, 7) is 1.88. The lowest BCUT2D eigenvalue weighted by molar-refractivity contribution is -0.138. The Bertz CT molecular complexity index is 628. The average Bonchev–Trinajstić information content (AvgIpc) is 2.88. The van der Waals surface area contributed by atoms with Gasteiger partial charge in [-0.2, -0.15) is 18.2 Å². The molecule has 1 aromatic heterocycles. The SMILES string of the molecule is CCCC(O)c1noc(-c2ccc(Br)c(C(F)(F)F)c2)n1. The third-order valence-corrected chi connectivity index (χ3v) is 3.51. The maximum atomic E-state index is 12.8. The summed E-state index contributed by atoms with van der Waals surface area (Å²) in [7, 11) is 0. The van der Waals surface area contributed by atoms with E-state index in [0.717, 1.165) is 12.5 Å². The Hall–Kier alpha value is -1.41. The molecule has 21 heavy (non-hydrogen) atoms. The summed E-state index contributed by atoms with van der Waals surface area (Å²) in [4.78, 5) is 3.94. The molecule has 1 heterocycles. The summed E-state index contributed by atoms with van der Waals surface area (Å²) < 4.78 is 43.4. The third-order valence-electron chi connectivity index (χ3n) is 2.82. The van der Waals surface area contributed by atoms with Crippen molar-refractivity contribution in [2.45, 2.75) is 32.0 Å². The normalized spacial score (nSPS) is 13.4.